The maximum Gasteiger partial charge on any atom is 0.119 e. The average Bonchev–Trinajstić information content (AvgIpc) is 2.29. The second kappa shape index (κ2) is 8.13. The van der Waals surface area contributed by atoms with Crippen molar-refractivity contribution in [1.29, 1.82) is 0 Å². The van der Waals surface area contributed by atoms with Gasteiger partial charge in [0.05, 0.1) is 25.8 Å². The van der Waals surface area contributed by atoms with E-state index in [9.17, 15) is 0 Å². The van der Waals surface area contributed by atoms with Crippen molar-refractivity contribution in [3.63, 3.8) is 0 Å². The normalized spacial score (nSPS) is 10.7. The quantitative estimate of drug-likeness (QED) is 0.670. The Kier molecular flexibility index (Phi) is 6.61. The molecule has 0 aromatic heterocycles. The first-order valence-electron chi connectivity index (χ1n) is 5.88. The molecule has 0 unspecified atom stereocenters. The molecular formula is C13H22NO2+. The summed E-state index contributed by atoms with van der Waals surface area (Å²) in [6.07, 6.45) is 0. The summed E-state index contributed by atoms with van der Waals surface area (Å²) >= 11 is 0. The molecule has 0 aliphatic rings. The minimum Gasteiger partial charge on any atom is -0.491 e. The van der Waals surface area contributed by atoms with Gasteiger partial charge in [0, 0.05) is 0 Å². The smallest absolute Gasteiger partial charge is 0.119 e. The molecule has 0 aliphatic heterocycles. The second-order valence-corrected chi connectivity index (χ2v) is 4.04. The number of hydrogen-bond donors (Lipinski definition) is 1. The Balaban J connectivity index is 1.93. The van der Waals surface area contributed by atoms with Gasteiger partial charge in [-0.25, -0.2) is 0 Å². The minimum absolute atomic E-state index is 0.617. The molecular weight excluding hydrogens is 202 g/mol. The van der Waals surface area contributed by atoms with Crippen LogP contribution in [0.5, 0.6) is 5.75 Å². The molecule has 1 aromatic carbocycles. The summed E-state index contributed by atoms with van der Waals surface area (Å²) in [5.41, 5.74) is 0. The van der Waals surface area contributed by atoms with Crippen molar-refractivity contribution in [1.82, 2.24) is 0 Å². The van der Waals surface area contributed by atoms with Gasteiger partial charge in [-0.1, -0.05) is 18.2 Å². The maximum absolute atomic E-state index is 5.50. The first kappa shape index (κ1) is 13.0. The lowest BCUT2D eigenvalue weighted by molar-refractivity contribution is -0.684. The molecule has 3 nitrogen and oxygen atoms in total. The number of ether oxygens (including phenoxy) is 2. The van der Waals surface area contributed by atoms with Crippen LogP contribution in [0.4, 0.5) is 0 Å². The molecule has 0 saturated heterocycles. The van der Waals surface area contributed by atoms with E-state index in [0.717, 1.165) is 18.9 Å². The highest BCUT2D eigenvalue weighted by Gasteiger charge is 1.96. The van der Waals surface area contributed by atoms with E-state index in [-0.39, 0.29) is 0 Å². The summed E-state index contributed by atoms with van der Waals surface area (Å²) in [6.45, 7) is 7.43. The van der Waals surface area contributed by atoms with E-state index < -0.39 is 0 Å². The van der Waals surface area contributed by atoms with Crippen LogP contribution in [-0.2, 0) is 4.74 Å². The highest BCUT2D eigenvalue weighted by atomic mass is 16.5. The van der Waals surface area contributed by atoms with E-state index in [1.165, 1.54) is 0 Å². The molecule has 0 saturated carbocycles. The molecule has 0 spiro atoms. The van der Waals surface area contributed by atoms with Crippen molar-refractivity contribution >= 4 is 0 Å². The van der Waals surface area contributed by atoms with Crippen LogP contribution in [0.15, 0.2) is 30.3 Å². The van der Waals surface area contributed by atoms with Crippen molar-refractivity contribution in [2.24, 2.45) is 0 Å². The average molecular weight is 224 g/mol. The van der Waals surface area contributed by atoms with Crippen LogP contribution in [0.25, 0.3) is 0 Å². The molecule has 0 amide bonds. The van der Waals surface area contributed by atoms with E-state index >= 15 is 0 Å². The van der Waals surface area contributed by atoms with Gasteiger partial charge in [0.1, 0.15) is 12.4 Å². The van der Waals surface area contributed by atoms with Crippen LogP contribution in [-0.4, -0.2) is 32.4 Å². The maximum atomic E-state index is 5.50. The molecule has 1 rings (SSSR count). The monoisotopic (exact) mass is 224 g/mol. The molecule has 1 aromatic rings. The number of hydrogen-bond acceptors (Lipinski definition) is 2. The largest absolute Gasteiger partial charge is 0.491 e. The molecule has 0 bridgehead atoms. The molecule has 16 heavy (non-hydrogen) atoms. The molecule has 2 N–H and O–H groups in total. The summed E-state index contributed by atoms with van der Waals surface area (Å²) in [4.78, 5) is 0. The molecule has 0 fully saturated rings. The van der Waals surface area contributed by atoms with Crippen molar-refractivity contribution in [2.75, 3.05) is 26.4 Å². The van der Waals surface area contributed by atoms with Crippen molar-refractivity contribution in [3.05, 3.63) is 30.3 Å². The summed E-state index contributed by atoms with van der Waals surface area (Å²) in [5.74, 6) is 0.903. The number of benzene rings is 1. The first-order chi connectivity index (χ1) is 7.79. The van der Waals surface area contributed by atoms with Gasteiger partial charge >= 0.3 is 0 Å². The number of para-hydroxylation sites is 1. The lowest BCUT2D eigenvalue weighted by atomic mass is 10.3. The molecule has 0 atom stereocenters. The van der Waals surface area contributed by atoms with E-state index in [4.69, 9.17) is 9.47 Å². The SMILES string of the molecule is CC(C)[NH2+]CCOCCOc1ccccc1. The lowest BCUT2D eigenvalue weighted by Gasteiger charge is -2.07. The third-order valence-electron chi connectivity index (χ3n) is 2.14. The van der Waals surface area contributed by atoms with Crippen LogP contribution in [0, 0.1) is 0 Å². The van der Waals surface area contributed by atoms with Crippen LogP contribution in [0.3, 0.4) is 0 Å². The van der Waals surface area contributed by atoms with Gasteiger partial charge in [-0.2, -0.15) is 0 Å². The standard InChI is InChI=1S/C13H21NO2/c1-12(2)14-8-9-15-10-11-16-13-6-4-3-5-7-13/h3-7,12,14H,8-11H2,1-2H3/p+1. The summed E-state index contributed by atoms with van der Waals surface area (Å²) in [5, 5.41) is 2.26. The second-order valence-electron chi connectivity index (χ2n) is 4.04. The van der Waals surface area contributed by atoms with Gasteiger partial charge in [-0.15, -0.1) is 0 Å². The van der Waals surface area contributed by atoms with Gasteiger partial charge in [0.25, 0.3) is 0 Å². The molecule has 3 heteroatoms. The van der Waals surface area contributed by atoms with Crippen molar-refractivity contribution in [3.8, 4) is 5.75 Å². The predicted octanol–water partition coefficient (Wildman–Crippen LogP) is 1.05. The number of quaternary nitrogens is 1. The zero-order valence-corrected chi connectivity index (χ0v) is 10.2. The Morgan fingerprint density at radius 3 is 2.50 bits per heavy atom. The van der Waals surface area contributed by atoms with E-state index in [1.807, 2.05) is 30.3 Å². The Labute approximate surface area is 97.8 Å². The zero-order valence-electron chi connectivity index (χ0n) is 10.2. The number of rotatable bonds is 8. The van der Waals surface area contributed by atoms with E-state index in [0.29, 0.717) is 19.3 Å². The van der Waals surface area contributed by atoms with Gasteiger partial charge in [0.2, 0.25) is 0 Å². The van der Waals surface area contributed by atoms with Crippen LogP contribution < -0.4 is 10.1 Å². The Hall–Kier alpha value is -1.06. The first-order valence-corrected chi connectivity index (χ1v) is 5.88. The molecule has 90 valence electrons. The van der Waals surface area contributed by atoms with Gasteiger partial charge in [0.15, 0.2) is 0 Å². The predicted molar refractivity (Wildman–Crippen MR) is 64.7 cm³/mol. The van der Waals surface area contributed by atoms with Crippen molar-refractivity contribution < 1.29 is 14.8 Å². The Bertz CT molecular complexity index is 262. The minimum atomic E-state index is 0.617. The highest BCUT2D eigenvalue weighted by molar-refractivity contribution is 5.20. The fourth-order valence-corrected chi connectivity index (χ4v) is 1.32. The molecule has 0 heterocycles. The zero-order chi connectivity index (χ0) is 11.6. The van der Waals surface area contributed by atoms with Crippen molar-refractivity contribution in [2.45, 2.75) is 19.9 Å². The fraction of sp³-hybridized carbons (Fsp3) is 0.538. The van der Waals surface area contributed by atoms with Crippen LogP contribution in [0.2, 0.25) is 0 Å². The van der Waals surface area contributed by atoms with Gasteiger partial charge in [-0.05, 0) is 26.0 Å². The van der Waals surface area contributed by atoms with Crippen LogP contribution in [0.1, 0.15) is 13.8 Å². The third-order valence-corrected chi connectivity index (χ3v) is 2.14. The summed E-state index contributed by atoms with van der Waals surface area (Å²) in [6, 6.07) is 10.5. The highest BCUT2D eigenvalue weighted by Crippen LogP contribution is 2.07. The molecule has 0 radical (unpaired) electrons. The Morgan fingerprint density at radius 1 is 1.06 bits per heavy atom. The number of nitrogens with two attached hydrogens (primary N) is 1. The lowest BCUT2D eigenvalue weighted by Crippen LogP contribution is -2.89. The summed E-state index contributed by atoms with van der Waals surface area (Å²) < 4.78 is 10.9. The van der Waals surface area contributed by atoms with Gasteiger partial charge in [-0.3, -0.25) is 0 Å². The third kappa shape index (κ3) is 6.43. The summed E-state index contributed by atoms with van der Waals surface area (Å²) in [7, 11) is 0. The topological polar surface area (TPSA) is 35.1 Å². The van der Waals surface area contributed by atoms with E-state index in [2.05, 4.69) is 19.2 Å². The fourth-order valence-electron chi connectivity index (χ4n) is 1.32. The molecule has 0 aliphatic carbocycles. The van der Waals surface area contributed by atoms with Gasteiger partial charge < -0.3 is 14.8 Å². The van der Waals surface area contributed by atoms with Crippen LogP contribution >= 0.6 is 0 Å². The van der Waals surface area contributed by atoms with E-state index in [1.54, 1.807) is 0 Å². The Morgan fingerprint density at radius 2 is 1.81 bits per heavy atom.